The number of tetrazole rings is 1. The Labute approximate surface area is 150 Å². The molecule has 1 heterocycles. The zero-order valence-corrected chi connectivity index (χ0v) is 15.0. The Balaban J connectivity index is 1.80. The lowest BCUT2D eigenvalue weighted by molar-refractivity contribution is 0.0994. The number of halogens is 2. The zero-order chi connectivity index (χ0) is 17.1. The minimum Gasteiger partial charge on any atom is -0.293 e. The average molecular weight is 407 g/mol. The third-order valence-electron chi connectivity index (χ3n) is 3.27. The molecule has 2 aromatic carbocycles. The molecule has 0 bridgehead atoms. The van der Waals surface area contributed by atoms with Crippen LogP contribution in [0, 0.1) is 5.82 Å². The Kier molecular flexibility index (Phi) is 5.06. The maximum atomic E-state index is 13.4. The van der Waals surface area contributed by atoms with Gasteiger partial charge < -0.3 is 0 Å². The van der Waals surface area contributed by atoms with Gasteiger partial charge in [0.15, 0.2) is 5.78 Å². The van der Waals surface area contributed by atoms with E-state index >= 15 is 0 Å². The van der Waals surface area contributed by atoms with Crippen LogP contribution < -0.4 is 0 Å². The topological polar surface area (TPSA) is 60.7 Å². The number of rotatable bonds is 5. The van der Waals surface area contributed by atoms with Crippen molar-refractivity contribution in [2.24, 2.45) is 0 Å². The lowest BCUT2D eigenvalue weighted by Gasteiger charge is -2.10. The summed E-state index contributed by atoms with van der Waals surface area (Å²) in [5.41, 5.74) is 1.12. The second-order valence-corrected chi connectivity index (χ2v) is 7.21. The maximum absolute atomic E-state index is 13.4. The number of thioether (sulfide) groups is 1. The zero-order valence-electron chi connectivity index (χ0n) is 12.6. The number of nitrogens with zero attached hydrogens (tertiary/aromatic N) is 4. The fourth-order valence-electron chi connectivity index (χ4n) is 2.08. The number of ketones is 1. The van der Waals surface area contributed by atoms with Crippen molar-refractivity contribution in [2.45, 2.75) is 17.3 Å². The first-order chi connectivity index (χ1) is 11.5. The Bertz CT molecular complexity index is 869. The molecule has 0 saturated carbocycles. The number of carbonyl (C=O) groups excluding carboxylic acids is 1. The van der Waals surface area contributed by atoms with E-state index in [0.717, 1.165) is 4.47 Å². The van der Waals surface area contributed by atoms with Crippen LogP contribution in [0.5, 0.6) is 0 Å². The Morgan fingerprint density at radius 2 is 2.00 bits per heavy atom. The highest BCUT2D eigenvalue weighted by Gasteiger charge is 2.20. The van der Waals surface area contributed by atoms with E-state index in [2.05, 4.69) is 31.5 Å². The first-order valence-corrected chi connectivity index (χ1v) is 8.72. The number of aromatic nitrogens is 4. The second-order valence-electron chi connectivity index (χ2n) is 4.98. The quantitative estimate of drug-likeness (QED) is 0.474. The summed E-state index contributed by atoms with van der Waals surface area (Å²) < 4.78 is 15.7. The predicted molar refractivity (Wildman–Crippen MR) is 92.9 cm³/mol. The van der Waals surface area contributed by atoms with Crippen LogP contribution in [-0.2, 0) is 0 Å². The summed E-state index contributed by atoms with van der Waals surface area (Å²) in [5.74, 6) is -0.403. The molecule has 8 heteroatoms. The van der Waals surface area contributed by atoms with E-state index in [1.807, 2.05) is 12.1 Å². The van der Waals surface area contributed by atoms with Gasteiger partial charge in [-0.25, -0.2) is 4.39 Å². The molecule has 122 valence electrons. The van der Waals surface area contributed by atoms with Crippen LogP contribution in [0.25, 0.3) is 5.69 Å². The standard InChI is InChI=1S/C16H12BrFN4OS/c1-10(15(23)11-5-7-12(17)8-6-11)24-16-19-20-21-22(16)14-4-2-3-13(18)9-14/h2-10H,1H3. The van der Waals surface area contributed by atoms with Crippen molar-refractivity contribution in [3.63, 3.8) is 0 Å². The second kappa shape index (κ2) is 7.23. The molecule has 0 aliphatic rings. The van der Waals surface area contributed by atoms with E-state index in [4.69, 9.17) is 0 Å². The molecule has 0 amide bonds. The summed E-state index contributed by atoms with van der Waals surface area (Å²) in [6.45, 7) is 1.79. The number of hydrogen-bond acceptors (Lipinski definition) is 5. The molecule has 3 aromatic rings. The van der Waals surface area contributed by atoms with Crippen molar-refractivity contribution in [2.75, 3.05) is 0 Å². The van der Waals surface area contributed by atoms with Gasteiger partial charge in [0.2, 0.25) is 5.16 Å². The Morgan fingerprint density at radius 3 is 2.71 bits per heavy atom. The number of hydrogen-bond donors (Lipinski definition) is 0. The molecule has 0 fully saturated rings. The normalized spacial score (nSPS) is 12.1. The highest BCUT2D eigenvalue weighted by Crippen LogP contribution is 2.25. The summed E-state index contributed by atoms with van der Waals surface area (Å²) in [6.07, 6.45) is 0. The maximum Gasteiger partial charge on any atom is 0.214 e. The molecule has 0 aliphatic carbocycles. The lowest BCUT2D eigenvalue weighted by atomic mass is 10.1. The largest absolute Gasteiger partial charge is 0.293 e. The van der Waals surface area contributed by atoms with Crippen molar-refractivity contribution < 1.29 is 9.18 Å². The van der Waals surface area contributed by atoms with Gasteiger partial charge in [0.1, 0.15) is 5.82 Å². The van der Waals surface area contributed by atoms with Crippen molar-refractivity contribution >= 4 is 33.5 Å². The molecule has 0 saturated heterocycles. The van der Waals surface area contributed by atoms with Gasteiger partial charge in [-0.1, -0.05) is 45.9 Å². The first-order valence-electron chi connectivity index (χ1n) is 7.05. The van der Waals surface area contributed by atoms with Crippen LogP contribution in [-0.4, -0.2) is 31.2 Å². The highest BCUT2D eigenvalue weighted by atomic mass is 79.9. The molecule has 0 aliphatic heterocycles. The summed E-state index contributed by atoms with van der Waals surface area (Å²) in [7, 11) is 0. The van der Waals surface area contributed by atoms with Crippen LogP contribution in [0.4, 0.5) is 4.39 Å². The molecule has 24 heavy (non-hydrogen) atoms. The van der Waals surface area contributed by atoms with Gasteiger partial charge in [-0.3, -0.25) is 4.79 Å². The van der Waals surface area contributed by atoms with Gasteiger partial charge in [0, 0.05) is 10.0 Å². The van der Waals surface area contributed by atoms with Crippen molar-refractivity contribution in [3.8, 4) is 5.69 Å². The molecule has 0 spiro atoms. The number of benzene rings is 2. The predicted octanol–water partition coefficient (Wildman–Crippen LogP) is 3.93. The highest BCUT2D eigenvalue weighted by molar-refractivity contribution is 9.10. The van der Waals surface area contributed by atoms with Crippen molar-refractivity contribution in [3.05, 3.63) is 64.4 Å². The fourth-order valence-corrected chi connectivity index (χ4v) is 3.23. The molecule has 3 rings (SSSR count). The van der Waals surface area contributed by atoms with Crippen LogP contribution in [0.15, 0.2) is 58.2 Å². The summed E-state index contributed by atoms with van der Waals surface area (Å²) >= 11 is 4.57. The van der Waals surface area contributed by atoms with Gasteiger partial charge in [0.25, 0.3) is 0 Å². The Hall–Kier alpha value is -2.06. The molecule has 0 N–H and O–H groups in total. The third kappa shape index (κ3) is 3.70. The molecule has 5 nitrogen and oxygen atoms in total. The van der Waals surface area contributed by atoms with Crippen LogP contribution in [0.1, 0.15) is 17.3 Å². The summed E-state index contributed by atoms with van der Waals surface area (Å²) in [5, 5.41) is 11.5. The van der Waals surface area contributed by atoms with Crippen LogP contribution in [0.2, 0.25) is 0 Å². The molecular weight excluding hydrogens is 395 g/mol. The third-order valence-corrected chi connectivity index (χ3v) is 4.84. The molecule has 1 atom stereocenters. The summed E-state index contributed by atoms with van der Waals surface area (Å²) in [6, 6.07) is 13.1. The van der Waals surface area contributed by atoms with Crippen LogP contribution >= 0.6 is 27.7 Å². The van der Waals surface area contributed by atoms with Crippen molar-refractivity contribution in [1.82, 2.24) is 20.2 Å². The van der Waals surface area contributed by atoms with Gasteiger partial charge in [-0.05, 0) is 47.7 Å². The minimum absolute atomic E-state index is 0.0266. The van der Waals surface area contributed by atoms with E-state index in [-0.39, 0.29) is 16.9 Å². The molecular formula is C16H12BrFN4OS. The monoisotopic (exact) mass is 406 g/mol. The molecule has 1 aromatic heterocycles. The molecule has 0 radical (unpaired) electrons. The lowest BCUT2D eigenvalue weighted by Crippen LogP contribution is -2.14. The Morgan fingerprint density at radius 1 is 1.25 bits per heavy atom. The van der Waals surface area contributed by atoms with E-state index in [9.17, 15) is 9.18 Å². The van der Waals surface area contributed by atoms with Gasteiger partial charge in [-0.15, -0.1) is 5.10 Å². The van der Waals surface area contributed by atoms with Gasteiger partial charge in [-0.2, -0.15) is 4.68 Å². The van der Waals surface area contributed by atoms with E-state index in [1.54, 1.807) is 31.2 Å². The number of Topliss-reactive ketones (excluding diaryl/α,β-unsaturated/α-hetero) is 1. The van der Waals surface area contributed by atoms with Gasteiger partial charge in [0.05, 0.1) is 10.9 Å². The average Bonchev–Trinajstić information content (AvgIpc) is 3.03. The fraction of sp³-hybridized carbons (Fsp3) is 0.125. The van der Waals surface area contributed by atoms with E-state index in [0.29, 0.717) is 16.4 Å². The molecule has 1 unspecified atom stereocenters. The van der Waals surface area contributed by atoms with Crippen LogP contribution in [0.3, 0.4) is 0 Å². The SMILES string of the molecule is CC(Sc1nnnn1-c1cccc(F)c1)C(=O)c1ccc(Br)cc1. The van der Waals surface area contributed by atoms with E-state index < -0.39 is 0 Å². The summed E-state index contributed by atoms with van der Waals surface area (Å²) in [4.78, 5) is 12.5. The smallest absolute Gasteiger partial charge is 0.214 e. The van der Waals surface area contributed by atoms with E-state index in [1.165, 1.54) is 28.6 Å². The van der Waals surface area contributed by atoms with Gasteiger partial charge >= 0.3 is 0 Å². The minimum atomic E-state index is -0.385. The first kappa shape index (κ1) is 16.8. The number of carbonyl (C=O) groups is 1. The van der Waals surface area contributed by atoms with Crippen molar-refractivity contribution in [1.29, 1.82) is 0 Å².